The maximum Gasteiger partial charge on any atom is 0.150 e. The Morgan fingerprint density at radius 3 is 2.58 bits per heavy atom. The van der Waals surface area contributed by atoms with E-state index in [1.54, 1.807) is 7.11 Å². The molecule has 2 atom stereocenters. The molecular formula is C14H29NO3S. The topological polar surface area (TPSA) is 55.4 Å². The van der Waals surface area contributed by atoms with E-state index in [2.05, 4.69) is 19.2 Å². The first-order chi connectivity index (χ1) is 8.74. The third-order valence-electron chi connectivity index (χ3n) is 4.08. The van der Waals surface area contributed by atoms with E-state index in [9.17, 15) is 8.42 Å². The van der Waals surface area contributed by atoms with Crippen LogP contribution in [0, 0.1) is 5.41 Å². The molecule has 1 aliphatic rings. The molecule has 0 spiro atoms. The molecule has 0 aromatic carbocycles. The Labute approximate surface area is 118 Å². The van der Waals surface area contributed by atoms with Gasteiger partial charge in [0.1, 0.15) is 9.84 Å². The molecule has 5 heteroatoms. The summed E-state index contributed by atoms with van der Waals surface area (Å²) in [5.41, 5.74) is 0.189. The highest BCUT2D eigenvalue weighted by Crippen LogP contribution is 2.25. The minimum Gasteiger partial charge on any atom is -0.385 e. The third-order valence-corrected chi connectivity index (χ3v) is 5.72. The molecule has 1 aliphatic carbocycles. The second-order valence-corrected chi connectivity index (χ2v) is 8.93. The van der Waals surface area contributed by atoms with E-state index in [1.807, 2.05) is 0 Å². The van der Waals surface area contributed by atoms with Crippen LogP contribution in [-0.2, 0) is 14.6 Å². The summed E-state index contributed by atoms with van der Waals surface area (Å²) in [5.74, 6) is 0. The summed E-state index contributed by atoms with van der Waals surface area (Å²) in [7, 11) is -1.16. The van der Waals surface area contributed by atoms with Gasteiger partial charge in [-0.05, 0) is 31.1 Å². The van der Waals surface area contributed by atoms with Crippen LogP contribution in [0.1, 0.15) is 46.0 Å². The van der Waals surface area contributed by atoms with Gasteiger partial charge in [0, 0.05) is 32.6 Å². The SMILES string of the molecule is COCCC(C)(C)CNC1CCCC(S(C)(=O)=O)C1. The average molecular weight is 291 g/mol. The molecular weight excluding hydrogens is 262 g/mol. The third kappa shape index (κ3) is 6.23. The number of rotatable bonds is 7. The fourth-order valence-corrected chi connectivity index (χ4v) is 3.78. The molecule has 0 aliphatic heterocycles. The van der Waals surface area contributed by atoms with Crippen molar-refractivity contribution in [3.8, 4) is 0 Å². The molecule has 0 saturated heterocycles. The molecule has 0 aromatic rings. The summed E-state index contributed by atoms with van der Waals surface area (Å²) < 4.78 is 28.4. The van der Waals surface area contributed by atoms with Gasteiger partial charge in [-0.1, -0.05) is 20.3 Å². The Morgan fingerprint density at radius 1 is 1.32 bits per heavy atom. The van der Waals surface area contributed by atoms with Crippen LogP contribution in [0.5, 0.6) is 0 Å². The number of hydrogen-bond donors (Lipinski definition) is 1. The summed E-state index contributed by atoms with van der Waals surface area (Å²) in [6.45, 7) is 6.12. The number of hydrogen-bond acceptors (Lipinski definition) is 4. The molecule has 0 aromatic heterocycles. The lowest BCUT2D eigenvalue weighted by molar-refractivity contribution is 0.147. The minimum absolute atomic E-state index is 0.152. The maximum atomic E-state index is 11.6. The first kappa shape index (κ1) is 16.9. The number of methoxy groups -OCH3 is 1. The molecule has 1 rings (SSSR count). The first-order valence-corrected chi connectivity index (χ1v) is 9.11. The van der Waals surface area contributed by atoms with Crippen molar-refractivity contribution in [3.05, 3.63) is 0 Å². The molecule has 1 N–H and O–H groups in total. The lowest BCUT2D eigenvalue weighted by Crippen LogP contribution is -2.42. The Hall–Kier alpha value is -0.130. The Bertz CT molecular complexity index is 365. The standard InChI is InChI=1S/C14H29NO3S/c1-14(2,8-9-18-3)11-15-12-6-5-7-13(10-12)19(4,16)17/h12-13,15H,5-11H2,1-4H3. The van der Waals surface area contributed by atoms with Crippen molar-refractivity contribution in [1.29, 1.82) is 0 Å². The van der Waals surface area contributed by atoms with Crippen molar-refractivity contribution in [2.24, 2.45) is 5.41 Å². The van der Waals surface area contributed by atoms with Crippen molar-refractivity contribution < 1.29 is 13.2 Å². The molecule has 19 heavy (non-hydrogen) atoms. The van der Waals surface area contributed by atoms with Gasteiger partial charge >= 0.3 is 0 Å². The quantitative estimate of drug-likeness (QED) is 0.779. The van der Waals surface area contributed by atoms with Gasteiger partial charge in [-0.25, -0.2) is 8.42 Å². The fourth-order valence-electron chi connectivity index (χ4n) is 2.61. The van der Waals surface area contributed by atoms with Crippen LogP contribution in [0.15, 0.2) is 0 Å². The highest BCUT2D eigenvalue weighted by atomic mass is 32.2. The van der Waals surface area contributed by atoms with Crippen LogP contribution in [0.3, 0.4) is 0 Å². The lowest BCUT2D eigenvalue weighted by Gasteiger charge is -2.32. The van der Waals surface area contributed by atoms with E-state index >= 15 is 0 Å². The van der Waals surface area contributed by atoms with Crippen molar-refractivity contribution in [3.63, 3.8) is 0 Å². The van der Waals surface area contributed by atoms with E-state index < -0.39 is 9.84 Å². The normalized spacial score (nSPS) is 25.5. The number of nitrogens with one attached hydrogen (secondary N) is 1. The van der Waals surface area contributed by atoms with Gasteiger partial charge < -0.3 is 10.1 Å². The zero-order valence-corrected chi connectivity index (χ0v) is 13.6. The summed E-state index contributed by atoms with van der Waals surface area (Å²) in [6.07, 6.45) is 6.06. The Kier molecular flexibility index (Phi) is 6.27. The monoisotopic (exact) mass is 291 g/mol. The van der Waals surface area contributed by atoms with E-state index in [0.717, 1.165) is 45.3 Å². The molecule has 4 nitrogen and oxygen atoms in total. The fraction of sp³-hybridized carbons (Fsp3) is 1.00. The summed E-state index contributed by atoms with van der Waals surface area (Å²) in [6, 6.07) is 0.343. The zero-order chi connectivity index (χ0) is 14.5. The molecule has 114 valence electrons. The highest BCUT2D eigenvalue weighted by molar-refractivity contribution is 7.91. The van der Waals surface area contributed by atoms with Gasteiger partial charge in [0.2, 0.25) is 0 Å². The predicted octanol–water partition coefficient (Wildman–Crippen LogP) is 1.99. The predicted molar refractivity (Wildman–Crippen MR) is 79.2 cm³/mol. The Morgan fingerprint density at radius 2 is 2.00 bits per heavy atom. The maximum absolute atomic E-state index is 11.6. The van der Waals surface area contributed by atoms with Crippen LogP contribution >= 0.6 is 0 Å². The molecule has 1 fully saturated rings. The van der Waals surface area contributed by atoms with E-state index in [-0.39, 0.29) is 10.7 Å². The van der Waals surface area contributed by atoms with Crippen molar-refractivity contribution in [2.45, 2.75) is 57.2 Å². The Balaban J connectivity index is 2.41. The molecule has 2 unspecified atom stereocenters. The second kappa shape index (κ2) is 7.04. The first-order valence-electron chi connectivity index (χ1n) is 7.16. The number of ether oxygens (including phenoxy) is 1. The van der Waals surface area contributed by atoms with Gasteiger partial charge in [0.25, 0.3) is 0 Å². The summed E-state index contributed by atoms with van der Waals surface area (Å²) >= 11 is 0. The van der Waals surface area contributed by atoms with E-state index in [0.29, 0.717) is 6.04 Å². The van der Waals surface area contributed by atoms with Crippen LogP contribution < -0.4 is 5.32 Å². The largest absolute Gasteiger partial charge is 0.385 e. The average Bonchev–Trinajstić information content (AvgIpc) is 2.34. The second-order valence-electron chi connectivity index (χ2n) is 6.60. The zero-order valence-electron chi connectivity index (χ0n) is 12.7. The molecule has 0 amide bonds. The minimum atomic E-state index is -2.89. The van der Waals surface area contributed by atoms with Crippen LogP contribution in [0.25, 0.3) is 0 Å². The molecule has 0 heterocycles. The van der Waals surface area contributed by atoms with Crippen LogP contribution in [0.2, 0.25) is 0 Å². The van der Waals surface area contributed by atoms with Crippen molar-refractivity contribution >= 4 is 9.84 Å². The molecule has 0 bridgehead atoms. The summed E-state index contributed by atoms with van der Waals surface area (Å²) in [5, 5.41) is 3.40. The van der Waals surface area contributed by atoms with Crippen LogP contribution in [0.4, 0.5) is 0 Å². The molecule has 0 radical (unpaired) electrons. The van der Waals surface area contributed by atoms with Gasteiger partial charge in [0.05, 0.1) is 5.25 Å². The van der Waals surface area contributed by atoms with Gasteiger partial charge in [-0.3, -0.25) is 0 Å². The van der Waals surface area contributed by atoms with Crippen molar-refractivity contribution in [1.82, 2.24) is 5.32 Å². The van der Waals surface area contributed by atoms with Gasteiger partial charge in [-0.15, -0.1) is 0 Å². The van der Waals surface area contributed by atoms with Crippen molar-refractivity contribution in [2.75, 3.05) is 26.5 Å². The van der Waals surface area contributed by atoms with E-state index in [1.165, 1.54) is 6.26 Å². The van der Waals surface area contributed by atoms with Crippen LogP contribution in [-0.4, -0.2) is 46.2 Å². The number of sulfone groups is 1. The summed E-state index contributed by atoms with van der Waals surface area (Å²) in [4.78, 5) is 0. The smallest absolute Gasteiger partial charge is 0.150 e. The molecule has 1 saturated carbocycles. The van der Waals surface area contributed by atoms with Gasteiger partial charge in [-0.2, -0.15) is 0 Å². The lowest BCUT2D eigenvalue weighted by atomic mass is 9.88. The van der Waals surface area contributed by atoms with E-state index in [4.69, 9.17) is 4.74 Å². The highest BCUT2D eigenvalue weighted by Gasteiger charge is 2.29. The van der Waals surface area contributed by atoms with Gasteiger partial charge in [0.15, 0.2) is 0 Å².